The topological polar surface area (TPSA) is 71.3 Å². The van der Waals surface area contributed by atoms with Gasteiger partial charge < -0.3 is 9.80 Å². The van der Waals surface area contributed by atoms with Gasteiger partial charge in [0.1, 0.15) is 19.2 Å². The monoisotopic (exact) mass is 325 g/mol. The summed E-state index contributed by atoms with van der Waals surface area (Å²) in [6, 6.07) is 7.71. The summed E-state index contributed by atoms with van der Waals surface area (Å²) < 4.78 is 1.82. The van der Waals surface area contributed by atoms with Crippen LogP contribution in [0.3, 0.4) is 0 Å². The van der Waals surface area contributed by atoms with E-state index in [1.807, 2.05) is 33.8 Å². The molecule has 7 heteroatoms. The zero-order valence-electron chi connectivity index (χ0n) is 13.3. The first kappa shape index (κ1) is 14.9. The Labute approximate surface area is 139 Å². The van der Waals surface area contributed by atoms with Crippen molar-refractivity contribution in [2.24, 2.45) is 0 Å². The second-order valence-electron chi connectivity index (χ2n) is 6.33. The zero-order chi connectivity index (χ0) is 16.5. The molecule has 24 heavy (non-hydrogen) atoms. The van der Waals surface area contributed by atoms with Gasteiger partial charge >= 0.3 is 0 Å². The number of carbonyl (C=O) groups is 2. The van der Waals surface area contributed by atoms with Crippen LogP contribution in [0.15, 0.2) is 36.9 Å². The van der Waals surface area contributed by atoms with Gasteiger partial charge in [-0.1, -0.05) is 18.2 Å². The molecule has 4 rings (SSSR count). The molecule has 124 valence electrons. The molecule has 0 saturated carbocycles. The Kier molecular flexibility index (Phi) is 3.76. The summed E-state index contributed by atoms with van der Waals surface area (Å²) >= 11 is 0. The lowest BCUT2D eigenvalue weighted by Gasteiger charge is -2.33. The average Bonchev–Trinajstić information content (AvgIpc) is 3.25. The predicted octanol–water partition coefficient (Wildman–Crippen LogP) is 1.10. The fourth-order valence-corrected chi connectivity index (χ4v) is 3.51. The number of hydrogen-bond donors (Lipinski definition) is 0. The van der Waals surface area contributed by atoms with E-state index in [0.717, 1.165) is 24.9 Å². The lowest BCUT2D eigenvalue weighted by atomic mass is 10.1. The summed E-state index contributed by atoms with van der Waals surface area (Å²) in [6.07, 6.45) is 5.13. The predicted molar refractivity (Wildman–Crippen MR) is 86.1 cm³/mol. The van der Waals surface area contributed by atoms with E-state index in [-0.39, 0.29) is 24.4 Å². The molecule has 0 bridgehead atoms. The minimum Gasteiger partial charge on any atom is -0.339 e. The highest BCUT2D eigenvalue weighted by molar-refractivity contribution is 6.00. The molecule has 2 amide bonds. The number of aromatic nitrogens is 3. The number of carbonyl (C=O) groups excluding carboxylic acids is 2. The minimum absolute atomic E-state index is 0.000899. The highest BCUT2D eigenvalue weighted by atomic mass is 16.2. The van der Waals surface area contributed by atoms with E-state index in [0.29, 0.717) is 18.7 Å². The molecular weight excluding hydrogens is 306 g/mol. The van der Waals surface area contributed by atoms with Gasteiger partial charge in [0, 0.05) is 25.2 Å². The molecule has 1 fully saturated rings. The quantitative estimate of drug-likeness (QED) is 0.847. The number of hydrogen-bond acceptors (Lipinski definition) is 4. The van der Waals surface area contributed by atoms with E-state index in [4.69, 9.17) is 0 Å². The van der Waals surface area contributed by atoms with E-state index < -0.39 is 0 Å². The number of benzene rings is 1. The van der Waals surface area contributed by atoms with Crippen LogP contribution in [0, 0.1) is 0 Å². The van der Waals surface area contributed by atoms with Crippen LogP contribution in [-0.4, -0.2) is 56.0 Å². The number of nitrogens with zero attached hydrogens (tertiary/aromatic N) is 5. The van der Waals surface area contributed by atoms with Crippen LogP contribution in [0.4, 0.5) is 0 Å². The molecule has 1 atom stereocenters. The summed E-state index contributed by atoms with van der Waals surface area (Å²) in [7, 11) is 0. The van der Waals surface area contributed by atoms with Crippen molar-refractivity contribution in [3.8, 4) is 0 Å². The molecule has 3 heterocycles. The molecule has 2 aromatic rings. The van der Waals surface area contributed by atoms with E-state index in [1.165, 1.54) is 6.33 Å². The van der Waals surface area contributed by atoms with Gasteiger partial charge in [-0.15, -0.1) is 0 Å². The first-order valence-electron chi connectivity index (χ1n) is 8.21. The fraction of sp³-hybridized carbons (Fsp3) is 0.412. The highest BCUT2D eigenvalue weighted by Crippen LogP contribution is 2.24. The van der Waals surface area contributed by atoms with Gasteiger partial charge in [0.25, 0.3) is 5.91 Å². The van der Waals surface area contributed by atoms with Gasteiger partial charge in [0.05, 0.1) is 6.04 Å². The lowest BCUT2D eigenvalue weighted by molar-refractivity contribution is -0.133. The van der Waals surface area contributed by atoms with Crippen LogP contribution in [-0.2, 0) is 11.3 Å². The zero-order valence-corrected chi connectivity index (χ0v) is 13.3. The van der Waals surface area contributed by atoms with Gasteiger partial charge in [-0.25, -0.2) is 9.67 Å². The molecule has 0 N–H and O–H groups in total. The summed E-state index contributed by atoms with van der Waals surface area (Å²) in [5.41, 5.74) is 1.71. The van der Waals surface area contributed by atoms with Crippen molar-refractivity contribution < 1.29 is 9.59 Å². The third-order valence-electron chi connectivity index (χ3n) is 4.78. The largest absolute Gasteiger partial charge is 0.339 e. The summed E-state index contributed by atoms with van der Waals surface area (Å²) in [4.78, 5) is 32.5. The number of likely N-dealkylation sites (tertiary alicyclic amines) is 1. The van der Waals surface area contributed by atoms with E-state index in [9.17, 15) is 9.59 Å². The van der Waals surface area contributed by atoms with Crippen LogP contribution in [0.1, 0.15) is 34.8 Å². The molecule has 1 aromatic carbocycles. The molecule has 0 unspecified atom stereocenters. The summed E-state index contributed by atoms with van der Waals surface area (Å²) in [5, 5.41) is 4.18. The SMILES string of the molecule is O=C(CN1Cc2ccccc2C1=O)N1CCC[C@@H](n2cncn2)C1. The van der Waals surface area contributed by atoms with Crippen LogP contribution in [0.25, 0.3) is 0 Å². The third-order valence-corrected chi connectivity index (χ3v) is 4.78. The number of rotatable bonds is 3. The Morgan fingerprint density at radius 2 is 2.17 bits per heavy atom. The number of fused-ring (bicyclic) bond motifs is 1. The standard InChI is InChI=1S/C17H19N5O2/c23-16(10-21-8-13-4-1-2-6-15(13)17(21)24)20-7-3-5-14(9-20)22-12-18-11-19-22/h1-2,4,6,11-12,14H,3,5,7-10H2/t14-/m1/s1. The maximum Gasteiger partial charge on any atom is 0.254 e. The van der Waals surface area contributed by atoms with Gasteiger partial charge in [0.2, 0.25) is 5.91 Å². The van der Waals surface area contributed by atoms with Gasteiger partial charge in [-0.3, -0.25) is 9.59 Å². The molecule has 2 aliphatic rings. The Hall–Kier alpha value is -2.70. The van der Waals surface area contributed by atoms with Crippen molar-refractivity contribution in [1.29, 1.82) is 0 Å². The van der Waals surface area contributed by atoms with Crippen LogP contribution in [0.5, 0.6) is 0 Å². The maximum absolute atomic E-state index is 12.7. The molecule has 2 aliphatic heterocycles. The van der Waals surface area contributed by atoms with Crippen molar-refractivity contribution in [3.63, 3.8) is 0 Å². The molecule has 0 spiro atoms. The van der Waals surface area contributed by atoms with E-state index in [2.05, 4.69) is 10.1 Å². The van der Waals surface area contributed by atoms with Crippen molar-refractivity contribution in [3.05, 3.63) is 48.0 Å². The molecule has 1 aromatic heterocycles. The van der Waals surface area contributed by atoms with E-state index >= 15 is 0 Å². The molecule has 0 aliphatic carbocycles. The second kappa shape index (κ2) is 6.07. The molecule has 0 radical (unpaired) electrons. The van der Waals surface area contributed by atoms with Crippen molar-refractivity contribution in [2.75, 3.05) is 19.6 Å². The Balaban J connectivity index is 1.41. The average molecular weight is 325 g/mol. The van der Waals surface area contributed by atoms with Crippen molar-refractivity contribution >= 4 is 11.8 Å². The Morgan fingerprint density at radius 3 is 2.96 bits per heavy atom. The summed E-state index contributed by atoms with van der Waals surface area (Å²) in [5.74, 6) is -0.0512. The summed E-state index contributed by atoms with van der Waals surface area (Å²) in [6.45, 7) is 2.01. The number of piperidine rings is 1. The van der Waals surface area contributed by atoms with Crippen LogP contribution in [0.2, 0.25) is 0 Å². The van der Waals surface area contributed by atoms with Crippen LogP contribution < -0.4 is 0 Å². The van der Waals surface area contributed by atoms with E-state index in [1.54, 1.807) is 11.2 Å². The third kappa shape index (κ3) is 2.66. The first-order valence-corrected chi connectivity index (χ1v) is 8.21. The van der Waals surface area contributed by atoms with Crippen LogP contribution >= 0.6 is 0 Å². The highest BCUT2D eigenvalue weighted by Gasteiger charge is 2.31. The normalized spacial score (nSPS) is 20.3. The van der Waals surface area contributed by atoms with Gasteiger partial charge in [-0.05, 0) is 24.5 Å². The second-order valence-corrected chi connectivity index (χ2v) is 6.33. The maximum atomic E-state index is 12.7. The van der Waals surface area contributed by atoms with Gasteiger partial charge in [-0.2, -0.15) is 5.10 Å². The minimum atomic E-state index is -0.0521. The lowest BCUT2D eigenvalue weighted by Crippen LogP contribution is -2.45. The van der Waals surface area contributed by atoms with Gasteiger partial charge in [0.15, 0.2) is 0 Å². The molecular formula is C17H19N5O2. The number of amides is 2. The smallest absolute Gasteiger partial charge is 0.254 e. The Morgan fingerprint density at radius 1 is 1.29 bits per heavy atom. The van der Waals surface area contributed by atoms with Crippen molar-refractivity contribution in [1.82, 2.24) is 24.6 Å². The molecule has 7 nitrogen and oxygen atoms in total. The Bertz CT molecular complexity index is 758. The van der Waals surface area contributed by atoms with Crippen molar-refractivity contribution in [2.45, 2.75) is 25.4 Å². The molecule has 1 saturated heterocycles. The fourth-order valence-electron chi connectivity index (χ4n) is 3.51. The first-order chi connectivity index (χ1) is 11.7.